The van der Waals surface area contributed by atoms with Gasteiger partial charge in [0.1, 0.15) is 0 Å². The molecule has 0 saturated heterocycles. The summed E-state index contributed by atoms with van der Waals surface area (Å²) in [5, 5.41) is 3.92. The van der Waals surface area contributed by atoms with Crippen LogP contribution in [-0.4, -0.2) is 5.91 Å². The van der Waals surface area contributed by atoms with Crippen LogP contribution in [0.4, 0.5) is 0 Å². The fourth-order valence-corrected chi connectivity index (χ4v) is 3.20. The SMILES string of the molecule is O=C(NCc1ccc(CBr)cc1)C1Cc2ccccc2C1. The Morgan fingerprint density at radius 3 is 2.14 bits per heavy atom. The Morgan fingerprint density at radius 2 is 1.57 bits per heavy atom. The predicted molar refractivity (Wildman–Crippen MR) is 88.3 cm³/mol. The van der Waals surface area contributed by atoms with Crippen LogP contribution in [0.2, 0.25) is 0 Å². The van der Waals surface area contributed by atoms with Crippen LogP contribution >= 0.6 is 15.9 Å². The number of hydrogen-bond donors (Lipinski definition) is 1. The highest BCUT2D eigenvalue weighted by molar-refractivity contribution is 9.08. The minimum absolute atomic E-state index is 0.0872. The lowest BCUT2D eigenvalue weighted by molar-refractivity contribution is -0.124. The first-order chi connectivity index (χ1) is 10.3. The van der Waals surface area contributed by atoms with Crippen molar-refractivity contribution in [2.45, 2.75) is 24.7 Å². The van der Waals surface area contributed by atoms with E-state index in [2.05, 4.69) is 57.6 Å². The number of carbonyl (C=O) groups is 1. The van der Waals surface area contributed by atoms with Gasteiger partial charge in [-0.05, 0) is 35.1 Å². The average Bonchev–Trinajstić information content (AvgIpc) is 2.97. The molecule has 0 bridgehead atoms. The Bertz CT molecular complexity index is 611. The first-order valence-electron chi connectivity index (χ1n) is 7.24. The zero-order valence-corrected chi connectivity index (χ0v) is 13.4. The zero-order valence-electron chi connectivity index (χ0n) is 11.8. The molecule has 2 aromatic rings. The van der Waals surface area contributed by atoms with Crippen molar-refractivity contribution in [2.75, 3.05) is 0 Å². The van der Waals surface area contributed by atoms with Gasteiger partial charge in [-0.2, -0.15) is 0 Å². The van der Waals surface area contributed by atoms with Crippen LogP contribution in [0.25, 0.3) is 0 Å². The highest BCUT2D eigenvalue weighted by Crippen LogP contribution is 2.26. The normalized spacial score (nSPS) is 14.0. The van der Waals surface area contributed by atoms with Gasteiger partial charge in [0.2, 0.25) is 5.91 Å². The monoisotopic (exact) mass is 343 g/mol. The molecular weight excluding hydrogens is 326 g/mol. The minimum atomic E-state index is 0.0872. The van der Waals surface area contributed by atoms with Gasteiger partial charge in [0, 0.05) is 17.8 Å². The Hall–Kier alpha value is -1.61. The average molecular weight is 344 g/mol. The number of fused-ring (bicyclic) bond motifs is 1. The fraction of sp³-hybridized carbons (Fsp3) is 0.278. The molecule has 1 N–H and O–H groups in total. The van der Waals surface area contributed by atoms with Crippen LogP contribution in [0, 0.1) is 5.92 Å². The molecule has 108 valence electrons. The van der Waals surface area contributed by atoms with E-state index < -0.39 is 0 Å². The highest BCUT2D eigenvalue weighted by Gasteiger charge is 2.26. The molecule has 0 spiro atoms. The van der Waals surface area contributed by atoms with Gasteiger partial charge in [-0.3, -0.25) is 4.79 Å². The molecule has 3 heteroatoms. The van der Waals surface area contributed by atoms with Crippen molar-refractivity contribution in [1.82, 2.24) is 5.32 Å². The van der Waals surface area contributed by atoms with Gasteiger partial charge in [-0.1, -0.05) is 64.5 Å². The molecule has 1 amide bonds. The number of alkyl halides is 1. The van der Waals surface area contributed by atoms with Crippen LogP contribution in [0.1, 0.15) is 22.3 Å². The number of carbonyl (C=O) groups excluding carboxylic acids is 1. The maximum atomic E-state index is 12.3. The molecule has 3 rings (SSSR count). The molecule has 2 nitrogen and oxygen atoms in total. The van der Waals surface area contributed by atoms with Gasteiger partial charge < -0.3 is 5.32 Å². The number of nitrogens with one attached hydrogen (secondary N) is 1. The summed E-state index contributed by atoms with van der Waals surface area (Å²) in [6, 6.07) is 16.7. The van der Waals surface area contributed by atoms with Gasteiger partial charge >= 0.3 is 0 Å². The van der Waals surface area contributed by atoms with Gasteiger partial charge in [0.15, 0.2) is 0 Å². The molecular formula is C18H18BrNO. The van der Waals surface area contributed by atoms with E-state index in [4.69, 9.17) is 0 Å². The quantitative estimate of drug-likeness (QED) is 0.844. The lowest BCUT2D eigenvalue weighted by Gasteiger charge is -2.10. The zero-order chi connectivity index (χ0) is 14.7. The molecule has 0 radical (unpaired) electrons. The Kier molecular flexibility index (Phi) is 4.39. The number of benzene rings is 2. The standard InChI is InChI=1S/C18H18BrNO/c19-11-13-5-7-14(8-6-13)12-20-18(21)17-9-15-3-1-2-4-16(15)10-17/h1-8,17H,9-12H2,(H,20,21). The Labute approximate surface area is 133 Å². The van der Waals surface area contributed by atoms with Gasteiger partial charge in [0.05, 0.1) is 0 Å². The molecule has 0 atom stereocenters. The maximum Gasteiger partial charge on any atom is 0.224 e. The molecule has 0 heterocycles. The van der Waals surface area contributed by atoms with Crippen molar-refractivity contribution in [3.05, 3.63) is 70.8 Å². The molecule has 21 heavy (non-hydrogen) atoms. The molecule has 2 aromatic carbocycles. The summed E-state index contributed by atoms with van der Waals surface area (Å²) in [4.78, 5) is 12.3. The molecule has 0 aliphatic heterocycles. The fourth-order valence-electron chi connectivity index (χ4n) is 2.82. The third-order valence-corrected chi connectivity index (χ3v) is 4.71. The van der Waals surface area contributed by atoms with Crippen molar-refractivity contribution < 1.29 is 4.79 Å². The van der Waals surface area contributed by atoms with Crippen molar-refractivity contribution >= 4 is 21.8 Å². The first-order valence-corrected chi connectivity index (χ1v) is 8.36. The van der Waals surface area contributed by atoms with E-state index in [1.165, 1.54) is 16.7 Å². The third-order valence-electron chi connectivity index (χ3n) is 4.07. The summed E-state index contributed by atoms with van der Waals surface area (Å²) in [7, 11) is 0. The molecule has 0 unspecified atom stereocenters. The van der Waals surface area contributed by atoms with Gasteiger partial charge in [-0.15, -0.1) is 0 Å². The van der Waals surface area contributed by atoms with Crippen LogP contribution in [0.5, 0.6) is 0 Å². The van der Waals surface area contributed by atoms with E-state index in [1.54, 1.807) is 0 Å². The van der Waals surface area contributed by atoms with Crippen LogP contribution < -0.4 is 5.32 Å². The third kappa shape index (κ3) is 3.35. The lowest BCUT2D eigenvalue weighted by atomic mass is 10.1. The summed E-state index contributed by atoms with van der Waals surface area (Å²) in [6.45, 7) is 0.605. The van der Waals surface area contributed by atoms with Crippen LogP contribution in [0.3, 0.4) is 0 Å². The van der Waals surface area contributed by atoms with Gasteiger partial charge in [-0.25, -0.2) is 0 Å². The smallest absolute Gasteiger partial charge is 0.224 e. The number of halogens is 1. The van der Waals surface area contributed by atoms with Crippen LogP contribution in [-0.2, 0) is 29.5 Å². The van der Waals surface area contributed by atoms with Crippen molar-refractivity contribution in [2.24, 2.45) is 5.92 Å². The highest BCUT2D eigenvalue weighted by atomic mass is 79.9. The predicted octanol–water partition coefficient (Wildman–Crippen LogP) is 3.61. The van der Waals surface area contributed by atoms with E-state index in [-0.39, 0.29) is 11.8 Å². The summed E-state index contributed by atoms with van der Waals surface area (Å²) in [5.74, 6) is 0.250. The second-order valence-electron chi connectivity index (χ2n) is 5.54. The lowest BCUT2D eigenvalue weighted by Crippen LogP contribution is -2.30. The minimum Gasteiger partial charge on any atom is -0.352 e. The van der Waals surface area contributed by atoms with E-state index in [9.17, 15) is 4.79 Å². The van der Waals surface area contributed by atoms with Crippen molar-refractivity contribution in [3.8, 4) is 0 Å². The van der Waals surface area contributed by atoms with Crippen molar-refractivity contribution in [3.63, 3.8) is 0 Å². The largest absolute Gasteiger partial charge is 0.352 e. The maximum absolute atomic E-state index is 12.3. The molecule has 1 aliphatic rings. The van der Waals surface area contributed by atoms with E-state index in [0.717, 1.165) is 23.7 Å². The van der Waals surface area contributed by atoms with Crippen molar-refractivity contribution in [1.29, 1.82) is 0 Å². The first kappa shape index (κ1) is 14.3. The number of amides is 1. The molecule has 0 aromatic heterocycles. The Balaban J connectivity index is 1.55. The Morgan fingerprint density at radius 1 is 1.00 bits per heavy atom. The summed E-state index contributed by atoms with van der Waals surface area (Å²) < 4.78 is 0. The number of rotatable bonds is 4. The summed E-state index contributed by atoms with van der Waals surface area (Å²) in [6.07, 6.45) is 1.73. The van der Waals surface area contributed by atoms with Crippen LogP contribution in [0.15, 0.2) is 48.5 Å². The second-order valence-corrected chi connectivity index (χ2v) is 6.10. The molecule has 0 fully saturated rings. The topological polar surface area (TPSA) is 29.1 Å². The van der Waals surface area contributed by atoms with E-state index >= 15 is 0 Å². The summed E-state index contributed by atoms with van der Waals surface area (Å²) in [5.41, 5.74) is 5.03. The molecule has 1 aliphatic carbocycles. The second kappa shape index (κ2) is 6.44. The molecule has 0 saturated carbocycles. The number of hydrogen-bond acceptors (Lipinski definition) is 1. The van der Waals surface area contributed by atoms with E-state index in [0.29, 0.717) is 6.54 Å². The van der Waals surface area contributed by atoms with E-state index in [1.807, 2.05) is 12.1 Å². The summed E-state index contributed by atoms with van der Waals surface area (Å²) >= 11 is 3.43. The van der Waals surface area contributed by atoms with Gasteiger partial charge in [0.25, 0.3) is 0 Å².